The van der Waals surface area contributed by atoms with Crippen molar-refractivity contribution >= 4 is 101 Å². The van der Waals surface area contributed by atoms with Gasteiger partial charge in [0.05, 0.1) is 46.9 Å². The summed E-state index contributed by atoms with van der Waals surface area (Å²) in [7, 11) is 0. The van der Waals surface area contributed by atoms with Crippen molar-refractivity contribution in [3.8, 4) is 11.1 Å². The first-order valence-electron chi connectivity index (χ1n) is 44.5. The molecule has 2 heterocycles. The minimum atomic E-state index is -1.61. The van der Waals surface area contributed by atoms with E-state index in [0.29, 0.717) is 32.1 Å². The zero-order chi connectivity index (χ0) is 94.3. The Hall–Kier alpha value is -10.4. The maximum atomic E-state index is 15.3. The summed E-state index contributed by atoms with van der Waals surface area (Å²) in [6.07, 6.45) is -0.707. The number of rotatable bonds is 43. The predicted molar refractivity (Wildman–Crippen MR) is 493 cm³/mol. The van der Waals surface area contributed by atoms with Gasteiger partial charge in [0.25, 0.3) is 0 Å². The molecule has 2 saturated heterocycles. The second-order valence-electron chi connectivity index (χ2n) is 36.5. The van der Waals surface area contributed by atoms with Gasteiger partial charge in [-0.25, -0.2) is 9.59 Å². The summed E-state index contributed by atoms with van der Waals surface area (Å²) >= 11 is 5.47. The SMILES string of the molecule is CC[C@H](C)[C@H](NC(=O)CNC(=O)[C@H](CSC(c1ccccc1)(c1ccccc1)c1ccccc1)NC(=O)OCC1c2ccccc2-c2ccccc21)C(=O)N[C@H](C(=O)N[C@H](C(=O)N[C@@H](C)C(=O)N[C@@H](COC(C)(C)C)C(=O)N[C@H](C(=O)N1CCC[C@H]1C(=O)N1CCC[C@H]1C(=O)N[C@H](C(=O)N[C@@H](CS)C(=O)O)[C@@H](C)CC)[C@@H](C)CC)[C@@H](C)OC(C)(C)C)[C@@H](C)OC(C)(C)C. The minimum absolute atomic E-state index is 0.0539. The van der Waals surface area contributed by atoms with Crippen molar-refractivity contribution in [3.63, 3.8) is 0 Å². The second-order valence-corrected chi connectivity index (χ2v) is 38.1. The highest BCUT2D eigenvalue weighted by Gasteiger charge is 2.48. The van der Waals surface area contributed by atoms with Crippen LogP contribution in [0.2, 0.25) is 0 Å². The lowest BCUT2D eigenvalue weighted by Gasteiger charge is -2.36. The number of nitrogens with one attached hydrogen (secondary N) is 10. The summed E-state index contributed by atoms with van der Waals surface area (Å²) < 4.78 is 23.9. The number of fused-ring (bicyclic) bond motifs is 3. The third kappa shape index (κ3) is 27.8. The van der Waals surface area contributed by atoms with Gasteiger partial charge in [0.2, 0.25) is 65.0 Å². The largest absolute Gasteiger partial charge is 0.480 e. The fraction of sp³-hybridized carbons (Fsp3) is 0.552. The number of nitrogens with zero attached hydrogens (tertiary/aromatic N) is 2. The number of hydrogen-bond donors (Lipinski definition) is 12. The van der Waals surface area contributed by atoms with Gasteiger partial charge in [-0.05, 0) is 165 Å². The van der Waals surface area contributed by atoms with E-state index in [0.717, 1.165) is 38.9 Å². The Kier molecular flexibility index (Phi) is 37.6. The molecule has 32 heteroatoms. The van der Waals surface area contributed by atoms with Crippen LogP contribution in [-0.4, -0.2) is 232 Å². The van der Waals surface area contributed by atoms with Gasteiger partial charge < -0.3 is 87.0 Å². The Labute approximate surface area is 762 Å². The van der Waals surface area contributed by atoms with Crippen LogP contribution < -0.4 is 53.2 Å². The summed E-state index contributed by atoms with van der Waals surface area (Å²) in [6, 6.07) is 30.6. The van der Waals surface area contributed by atoms with Crippen LogP contribution in [0.4, 0.5) is 4.79 Å². The number of carboxylic acids is 1. The molecular weight excluding hydrogens is 1670 g/mol. The highest BCUT2D eigenvalue weighted by Crippen LogP contribution is 2.49. The molecule has 8 rings (SSSR count). The maximum Gasteiger partial charge on any atom is 0.407 e. The lowest BCUT2D eigenvalue weighted by atomic mass is 9.84. The smallest absolute Gasteiger partial charge is 0.407 e. The number of thioether (sulfide) groups is 1. The van der Waals surface area contributed by atoms with Crippen molar-refractivity contribution in [1.29, 1.82) is 0 Å². The molecule has 16 atom stereocenters. The van der Waals surface area contributed by atoms with E-state index >= 15 is 24.0 Å². The van der Waals surface area contributed by atoms with E-state index in [2.05, 4.69) is 65.8 Å². The molecule has 1 aliphatic carbocycles. The molecule has 698 valence electrons. The summed E-state index contributed by atoms with van der Waals surface area (Å²) in [5, 5.41) is 37.0. The zero-order valence-electron chi connectivity index (χ0n) is 77.1. The van der Waals surface area contributed by atoms with E-state index < -0.39 is 208 Å². The lowest BCUT2D eigenvalue weighted by Crippen LogP contribution is -2.64. The number of ether oxygens (including phenoxy) is 4. The first-order valence-corrected chi connectivity index (χ1v) is 46.1. The van der Waals surface area contributed by atoms with Crippen molar-refractivity contribution in [1.82, 2.24) is 63.0 Å². The van der Waals surface area contributed by atoms with Crippen molar-refractivity contribution in [2.24, 2.45) is 17.8 Å². The first-order chi connectivity index (χ1) is 60.5. The molecule has 0 unspecified atom stereocenters. The zero-order valence-corrected chi connectivity index (χ0v) is 78.8. The van der Waals surface area contributed by atoms with Crippen LogP contribution in [-0.2, 0) is 81.2 Å². The van der Waals surface area contributed by atoms with Gasteiger partial charge in [-0.3, -0.25) is 52.7 Å². The van der Waals surface area contributed by atoms with E-state index in [1.54, 1.807) is 96.9 Å². The molecule has 5 aromatic rings. The fourth-order valence-electron chi connectivity index (χ4n) is 16.2. The average molecular weight is 1810 g/mol. The minimum Gasteiger partial charge on any atom is -0.480 e. The van der Waals surface area contributed by atoms with Gasteiger partial charge in [-0.15, -0.1) is 11.8 Å². The first kappa shape index (κ1) is 103. The molecule has 30 nitrogen and oxygen atoms in total. The highest BCUT2D eigenvalue weighted by molar-refractivity contribution is 8.00. The number of carbonyl (C=O) groups excluding carboxylic acids is 12. The Balaban J connectivity index is 0.977. The number of amides is 12. The number of carboxylic acid groups (broad SMARTS) is 1. The van der Waals surface area contributed by atoms with Crippen molar-refractivity contribution in [2.75, 3.05) is 44.4 Å². The Morgan fingerprint density at radius 1 is 0.461 bits per heavy atom. The number of carbonyl (C=O) groups is 13. The fourth-order valence-corrected chi connectivity index (χ4v) is 18.0. The Bertz CT molecular complexity index is 4500. The van der Waals surface area contributed by atoms with Crippen molar-refractivity contribution in [3.05, 3.63) is 167 Å². The van der Waals surface area contributed by atoms with E-state index in [4.69, 9.17) is 18.9 Å². The molecular formula is C96H134N12O18S2. The molecule has 0 bridgehead atoms. The summed E-state index contributed by atoms with van der Waals surface area (Å²) in [6.45, 7) is 29.8. The summed E-state index contributed by atoms with van der Waals surface area (Å²) in [5.41, 5.74) is 3.94. The quantitative estimate of drug-likeness (QED) is 0.0128. The van der Waals surface area contributed by atoms with E-state index in [1.807, 2.05) is 153 Å². The number of hydrogen-bond acceptors (Lipinski definition) is 19. The van der Waals surface area contributed by atoms with Crippen molar-refractivity contribution < 1.29 is 86.4 Å². The lowest BCUT2D eigenvalue weighted by molar-refractivity contribution is -0.149. The molecule has 0 saturated carbocycles. The topological polar surface area (TPSA) is 406 Å². The predicted octanol–water partition coefficient (Wildman–Crippen LogP) is 8.99. The molecule has 12 amide bonds. The number of benzene rings is 5. The van der Waals surface area contributed by atoms with Crippen LogP contribution in [0.25, 0.3) is 11.1 Å². The van der Waals surface area contributed by atoms with Crippen LogP contribution in [0.5, 0.6) is 0 Å². The number of alkyl carbamates (subject to hydrolysis) is 1. The van der Waals surface area contributed by atoms with E-state index in [-0.39, 0.29) is 50.0 Å². The monoisotopic (exact) mass is 1810 g/mol. The molecule has 0 radical (unpaired) electrons. The van der Waals surface area contributed by atoms with Crippen LogP contribution in [0.1, 0.15) is 203 Å². The molecule has 5 aromatic carbocycles. The Morgan fingerprint density at radius 3 is 1.37 bits per heavy atom. The molecule has 0 aromatic heterocycles. The maximum absolute atomic E-state index is 15.3. The average Bonchev–Trinajstić information content (AvgIpc) is 1.75. The Morgan fingerprint density at radius 2 is 0.891 bits per heavy atom. The van der Waals surface area contributed by atoms with Gasteiger partial charge in [-0.1, -0.05) is 200 Å². The molecule has 2 fully saturated rings. The van der Waals surface area contributed by atoms with Gasteiger partial charge in [-0.2, -0.15) is 12.6 Å². The standard InChI is InChI=1S/C96H134N12O18S2/c1-19-56(4)76(102-75(109)51-97-82(111)72(101-92(122)123-52-69-67-45-33-31-43-65(67)66-44-32-34-46-68(66)69)55-128-96(62-37-25-22-26-38-62,63-39-27-23-28-40-63)64-41-29-24-30-42-64)86(115)105-80(61(9)126-95(16,17)18)88(117)106-79(60(8)125-94(13,14)15)87(116)98-59(7)81(110)99-70(53-124-93(10,11)12)83(112)104-78(58(6)21-3)90(119)108-50-36-48-74(108)89(118)107-49-35-47-73(107)84(113)103-77(57(5)20-2)85(114)100-71(54-127)91(120)121/h22-34,37-46,56-61,69-74,76-80,127H,19-21,35-36,47-55H2,1-18H3,(H,97,111)(H,98,116)(H,99,110)(H,100,114)(H,101,122)(H,102,109)(H,103,113)(H,104,112)(H,105,115)(H,106,117)(H,120,121)/t56-,57-,58-,59-,60+,61+,70-,71-,72-,73-,74-,76-,77-,78-,79-,80-/m0/s1. The molecule has 2 aliphatic heterocycles. The van der Waals surface area contributed by atoms with Crippen LogP contribution in [0.3, 0.4) is 0 Å². The summed E-state index contributed by atoms with van der Waals surface area (Å²) in [5.74, 6) is -11.9. The van der Waals surface area contributed by atoms with Crippen molar-refractivity contribution in [2.45, 2.75) is 276 Å². The van der Waals surface area contributed by atoms with Gasteiger partial charge >= 0.3 is 12.1 Å². The number of likely N-dealkylation sites (tertiary alicyclic amines) is 2. The normalized spacial score (nSPS) is 17.9. The molecule has 11 N–H and O–H groups in total. The number of thiol groups is 1. The van der Waals surface area contributed by atoms with Crippen LogP contribution in [0, 0.1) is 17.8 Å². The van der Waals surface area contributed by atoms with Gasteiger partial charge in [0.15, 0.2) is 0 Å². The third-order valence-electron chi connectivity index (χ3n) is 23.5. The summed E-state index contributed by atoms with van der Waals surface area (Å²) in [4.78, 5) is 191. The highest BCUT2D eigenvalue weighted by atomic mass is 32.2. The molecule has 0 spiro atoms. The third-order valence-corrected chi connectivity index (χ3v) is 25.5. The molecule has 3 aliphatic rings. The van der Waals surface area contributed by atoms with E-state index in [1.165, 1.54) is 35.4 Å². The molecule has 128 heavy (non-hydrogen) atoms. The van der Waals surface area contributed by atoms with Crippen LogP contribution in [0.15, 0.2) is 140 Å². The second kappa shape index (κ2) is 46.7. The van der Waals surface area contributed by atoms with Gasteiger partial charge in [0.1, 0.15) is 73.1 Å². The van der Waals surface area contributed by atoms with E-state index in [9.17, 15) is 43.5 Å². The van der Waals surface area contributed by atoms with Gasteiger partial charge in [0, 0.05) is 30.5 Å². The number of aliphatic carboxylic acids is 1. The van der Waals surface area contributed by atoms with Crippen LogP contribution >= 0.6 is 24.4 Å².